The Morgan fingerprint density at radius 2 is 0.746 bits per heavy atom. The zero-order chi connectivity index (χ0) is 48.7. The SMILES string of the molecule is CCCCCCCCCCCCCCCCCCCCCCN(CCCCCCCCCCCCCCCCCCCCCC)c1ccc(/C=C/c2cc[n+](C)cc2)cc1Cl.COS(=O)(=O)[O-]. The Labute approximate surface area is 421 Å². The number of anilines is 1. The number of aryl methyl sites for hydroxylation is 1. The predicted molar refractivity (Wildman–Crippen MR) is 293 cm³/mol. The highest BCUT2D eigenvalue weighted by Crippen LogP contribution is 2.29. The van der Waals surface area contributed by atoms with Crippen LogP contribution in [0.2, 0.25) is 5.02 Å². The van der Waals surface area contributed by atoms with Gasteiger partial charge in [-0.15, -0.1) is 0 Å². The summed E-state index contributed by atoms with van der Waals surface area (Å²) < 4.78 is 33.1. The van der Waals surface area contributed by atoms with Gasteiger partial charge in [0.15, 0.2) is 12.4 Å². The Hall–Kier alpha value is -1.93. The highest BCUT2D eigenvalue weighted by Gasteiger charge is 2.11. The molecule has 0 unspecified atom stereocenters. The summed E-state index contributed by atoms with van der Waals surface area (Å²) in [6, 6.07) is 11.0. The number of unbranched alkanes of at least 4 members (excludes halogenated alkanes) is 38. The number of hydrogen-bond donors (Lipinski definition) is 0. The molecule has 0 N–H and O–H groups in total. The second-order valence-electron chi connectivity index (χ2n) is 19.8. The Bertz CT molecular complexity index is 1460. The van der Waals surface area contributed by atoms with E-state index in [1.807, 2.05) is 0 Å². The van der Waals surface area contributed by atoms with Crippen molar-refractivity contribution < 1.29 is 21.7 Å². The average Bonchev–Trinajstić information content (AvgIpc) is 3.32. The van der Waals surface area contributed by atoms with E-state index in [0.717, 1.165) is 25.2 Å². The van der Waals surface area contributed by atoms with Crippen LogP contribution in [0.25, 0.3) is 12.2 Å². The van der Waals surface area contributed by atoms with Crippen LogP contribution in [0.4, 0.5) is 5.69 Å². The first-order valence-electron chi connectivity index (χ1n) is 28.4. The number of pyridine rings is 1. The fourth-order valence-electron chi connectivity index (χ4n) is 9.17. The van der Waals surface area contributed by atoms with Gasteiger partial charge in [0, 0.05) is 25.2 Å². The second kappa shape index (κ2) is 46.5. The number of rotatable bonds is 46. The number of nitrogens with zero attached hydrogens (tertiary/aromatic N) is 2. The van der Waals surface area contributed by atoms with E-state index in [2.05, 4.69) is 89.4 Å². The molecule has 0 aliphatic carbocycles. The first-order chi connectivity index (χ1) is 32.7. The Morgan fingerprint density at radius 3 is 1.01 bits per heavy atom. The maximum absolute atomic E-state index is 9.22. The molecule has 0 bridgehead atoms. The third-order valence-electron chi connectivity index (χ3n) is 13.6. The van der Waals surface area contributed by atoms with Gasteiger partial charge in [-0.1, -0.05) is 288 Å². The molecule has 1 heterocycles. The fourth-order valence-corrected chi connectivity index (χ4v) is 9.48. The smallest absolute Gasteiger partial charge is 0.217 e. The molecule has 0 atom stereocenters. The number of benzene rings is 1. The molecule has 2 rings (SSSR count). The molecule has 1 aromatic carbocycles. The van der Waals surface area contributed by atoms with Gasteiger partial charge in [-0.25, -0.2) is 13.0 Å². The van der Waals surface area contributed by atoms with E-state index in [0.29, 0.717) is 0 Å². The molecule has 0 radical (unpaired) electrons. The van der Waals surface area contributed by atoms with Crippen LogP contribution < -0.4 is 9.47 Å². The summed E-state index contributed by atoms with van der Waals surface area (Å²) in [6.45, 7) is 6.86. The first kappa shape index (κ1) is 63.1. The molecule has 1 aromatic heterocycles. The number of hydrogen-bond acceptors (Lipinski definition) is 5. The maximum atomic E-state index is 9.22. The minimum absolute atomic E-state index is 0.808. The van der Waals surface area contributed by atoms with Crippen LogP contribution in [0.15, 0.2) is 42.7 Å². The number of halogens is 1. The zero-order valence-electron chi connectivity index (χ0n) is 44.2. The van der Waals surface area contributed by atoms with Gasteiger partial charge in [-0.2, -0.15) is 0 Å². The average molecular weight is 974 g/mol. The van der Waals surface area contributed by atoms with Crippen LogP contribution >= 0.6 is 11.6 Å². The van der Waals surface area contributed by atoms with Crippen LogP contribution in [0.3, 0.4) is 0 Å². The largest absolute Gasteiger partial charge is 0.726 e. The van der Waals surface area contributed by atoms with E-state index >= 15 is 0 Å². The molecule has 0 spiro atoms. The van der Waals surface area contributed by atoms with Gasteiger partial charge in [-0.3, -0.25) is 4.18 Å². The molecule has 2 aromatic rings. The summed E-state index contributed by atoms with van der Waals surface area (Å²) in [4.78, 5) is 2.61. The predicted octanol–water partition coefficient (Wildman–Crippen LogP) is 18.9. The van der Waals surface area contributed by atoms with Crippen molar-refractivity contribution in [2.45, 2.75) is 271 Å². The minimum Gasteiger partial charge on any atom is -0.726 e. The fraction of sp³-hybridized carbons (Fsp3) is 0.780. The summed E-state index contributed by atoms with van der Waals surface area (Å²) in [5.74, 6) is 0. The Morgan fingerprint density at radius 1 is 0.478 bits per heavy atom. The van der Waals surface area contributed by atoms with Gasteiger partial charge in [0.1, 0.15) is 7.05 Å². The highest BCUT2D eigenvalue weighted by atomic mass is 35.5. The van der Waals surface area contributed by atoms with Crippen LogP contribution in [-0.2, 0) is 21.6 Å². The Balaban J connectivity index is 0.00000349. The molecule has 6 nitrogen and oxygen atoms in total. The van der Waals surface area contributed by atoms with E-state index in [-0.39, 0.29) is 0 Å². The molecule has 0 saturated heterocycles. The molecular weight excluding hydrogens is 868 g/mol. The summed E-state index contributed by atoms with van der Waals surface area (Å²) in [5, 5.41) is 0.892. The van der Waals surface area contributed by atoms with Gasteiger partial charge < -0.3 is 9.45 Å². The standard InChI is InChI=1S/C58H102ClN2.CH4O4S/c1-4-6-8-10-12-14-16-18-20-22-24-26-28-30-32-34-36-38-40-42-50-61(58-47-46-56(54-57(58)59)45-44-55-48-52-60(3)53-49-55)51-43-41-39-37-35-33-31-29-27-25-23-21-19-17-15-13-11-9-7-5-2;1-5-6(2,3)4/h44-49,52-54H,4-43,50-51H2,1-3H3;1H3,(H,2,3,4)/q+1;/p-1. The highest BCUT2D eigenvalue weighted by molar-refractivity contribution is 7.80. The normalized spacial score (nSPS) is 11.7. The van der Waals surface area contributed by atoms with Crippen LogP contribution in [0.5, 0.6) is 0 Å². The van der Waals surface area contributed by atoms with Gasteiger partial charge in [0.2, 0.25) is 10.4 Å². The van der Waals surface area contributed by atoms with Crippen molar-refractivity contribution in [3.05, 3.63) is 58.9 Å². The molecule has 0 amide bonds. The van der Waals surface area contributed by atoms with E-state index in [4.69, 9.17) is 11.6 Å². The van der Waals surface area contributed by atoms with E-state index in [1.54, 1.807) is 0 Å². The monoisotopic (exact) mass is 973 g/mol. The van der Waals surface area contributed by atoms with Crippen molar-refractivity contribution in [2.24, 2.45) is 7.05 Å². The molecule has 8 heteroatoms. The van der Waals surface area contributed by atoms with Crippen LogP contribution in [0, 0.1) is 0 Å². The summed E-state index contributed by atoms with van der Waals surface area (Å²) >= 11 is 7.04. The summed E-state index contributed by atoms with van der Waals surface area (Å²) in [7, 11) is -1.55. The van der Waals surface area contributed by atoms with Crippen molar-refractivity contribution in [2.75, 3.05) is 25.1 Å². The molecule has 0 fully saturated rings. The van der Waals surface area contributed by atoms with Gasteiger partial charge in [0.25, 0.3) is 0 Å². The summed E-state index contributed by atoms with van der Waals surface area (Å²) in [5.41, 5.74) is 3.60. The van der Waals surface area contributed by atoms with E-state index < -0.39 is 10.4 Å². The lowest BCUT2D eigenvalue weighted by Crippen LogP contribution is -2.26. The number of aromatic nitrogens is 1. The lowest BCUT2D eigenvalue weighted by molar-refractivity contribution is -0.671. The van der Waals surface area contributed by atoms with Gasteiger partial charge in [0.05, 0.1) is 17.8 Å². The first-order valence-corrected chi connectivity index (χ1v) is 30.1. The molecule has 0 aliphatic rings. The van der Waals surface area contributed by atoms with Gasteiger partial charge in [-0.05, 0) is 36.1 Å². The molecule has 388 valence electrons. The topological polar surface area (TPSA) is 73.5 Å². The lowest BCUT2D eigenvalue weighted by Gasteiger charge is -2.26. The minimum atomic E-state index is -4.41. The van der Waals surface area contributed by atoms with Crippen molar-refractivity contribution in [1.29, 1.82) is 0 Å². The van der Waals surface area contributed by atoms with Crippen LogP contribution in [0.1, 0.15) is 282 Å². The lowest BCUT2D eigenvalue weighted by atomic mass is 10.0. The van der Waals surface area contributed by atoms with Crippen molar-refractivity contribution in [3.63, 3.8) is 0 Å². The van der Waals surface area contributed by atoms with Crippen molar-refractivity contribution in [1.82, 2.24) is 0 Å². The molecule has 67 heavy (non-hydrogen) atoms. The second-order valence-corrected chi connectivity index (χ2v) is 21.4. The molecule has 0 saturated carbocycles. The maximum Gasteiger partial charge on any atom is 0.217 e. The van der Waals surface area contributed by atoms with E-state index in [9.17, 15) is 13.0 Å². The van der Waals surface area contributed by atoms with E-state index in [1.165, 1.54) is 274 Å². The third-order valence-corrected chi connectivity index (χ3v) is 14.3. The third kappa shape index (κ3) is 41.6. The van der Waals surface area contributed by atoms with Crippen molar-refractivity contribution >= 4 is 39.8 Å². The zero-order valence-corrected chi connectivity index (χ0v) is 45.8. The van der Waals surface area contributed by atoms with Gasteiger partial charge >= 0.3 is 0 Å². The summed E-state index contributed by atoms with van der Waals surface area (Å²) in [6.07, 6.45) is 65.7. The molecular formula is C59H105ClN2O4S. The quantitative estimate of drug-likeness (QED) is 0.0286. The Kier molecular flexibility index (Phi) is 43.7. The van der Waals surface area contributed by atoms with Crippen molar-refractivity contribution in [3.8, 4) is 0 Å². The molecule has 0 aliphatic heterocycles. The van der Waals surface area contributed by atoms with Crippen LogP contribution in [-0.4, -0.2) is 33.2 Å².